The maximum absolute atomic E-state index is 6.23. The lowest BCUT2D eigenvalue weighted by Gasteiger charge is -2.35. The standard InChI is InChI=1S/C20H27N7/c21-19(26-12-14-27(15-13-26)20-23-7-3-8-24-20)22-9-11-25-10-6-17-4-1-2-5-18(17)16-25/h1-5,7-8H,6,9-16H2,(H2,21,22). The number of nitrogens with two attached hydrogens (primary N) is 1. The molecule has 2 N–H and O–H groups in total. The highest BCUT2D eigenvalue weighted by molar-refractivity contribution is 5.78. The Morgan fingerprint density at radius 3 is 2.48 bits per heavy atom. The summed E-state index contributed by atoms with van der Waals surface area (Å²) in [4.78, 5) is 20.1. The number of benzene rings is 1. The Labute approximate surface area is 160 Å². The van der Waals surface area contributed by atoms with Gasteiger partial charge in [0, 0.05) is 58.2 Å². The number of hydrogen-bond acceptors (Lipinski definition) is 5. The molecule has 3 heterocycles. The number of rotatable bonds is 4. The van der Waals surface area contributed by atoms with E-state index < -0.39 is 0 Å². The Kier molecular flexibility index (Phi) is 5.48. The van der Waals surface area contributed by atoms with Crippen LogP contribution in [0.5, 0.6) is 0 Å². The van der Waals surface area contributed by atoms with Crippen molar-refractivity contribution in [2.75, 3.05) is 50.7 Å². The van der Waals surface area contributed by atoms with Gasteiger partial charge in [-0.1, -0.05) is 24.3 Å². The van der Waals surface area contributed by atoms with Crippen molar-refractivity contribution in [3.8, 4) is 0 Å². The Hall–Kier alpha value is -2.67. The van der Waals surface area contributed by atoms with Crippen LogP contribution in [0.3, 0.4) is 0 Å². The first-order valence-corrected chi connectivity index (χ1v) is 9.65. The minimum Gasteiger partial charge on any atom is -0.370 e. The van der Waals surface area contributed by atoms with Crippen LogP contribution in [0.15, 0.2) is 47.7 Å². The Balaban J connectivity index is 1.24. The molecule has 0 saturated carbocycles. The van der Waals surface area contributed by atoms with Gasteiger partial charge in [0.25, 0.3) is 0 Å². The highest BCUT2D eigenvalue weighted by Gasteiger charge is 2.20. The number of aromatic nitrogens is 2. The minimum absolute atomic E-state index is 0.654. The van der Waals surface area contributed by atoms with Gasteiger partial charge in [-0.25, -0.2) is 9.97 Å². The van der Waals surface area contributed by atoms with Crippen molar-refractivity contribution in [3.05, 3.63) is 53.9 Å². The molecular weight excluding hydrogens is 338 g/mol. The van der Waals surface area contributed by atoms with Crippen molar-refractivity contribution >= 4 is 11.9 Å². The molecule has 4 rings (SSSR count). The molecule has 1 aromatic carbocycles. The largest absolute Gasteiger partial charge is 0.370 e. The minimum atomic E-state index is 0.654. The lowest BCUT2D eigenvalue weighted by molar-refractivity contribution is 0.261. The van der Waals surface area contributed by atoms with Crippen molar-refractivity contribution in [3.63, 3.8) is 0 Å². The monoisotopic (exact) mass is 365 g/mol. The maximum atomic E-state index is 6.23. The average Bonchev–Trinajstić information content (AvgIpc) is 2.74. The third-order valence-corrected chi connectivity index (χ3v) is 5.34. The molecule has 1 aromatic heterocycles. The van der Waals surface area contributed by atoms with Gasteiger partial charge in [-0.2, -0.15) is 0 Å². The number of piperazine rings is 1. The molecule has 0 radical (unpaired) electrons. The SMILES string of the molecule is NC(=NCCN1CCc2ccccc2C1)N1CCN(c2ncccn2)CC1. The van der Waals surface area contributed by atoms with E-state index >= 15 is 0 Å². The lowest BCUT2D eigenvalue weighted by Crippen LogP contribution is -2.51. The zero-order valence-electron chi connectivity index (χ0n) is 15.7. The van der Waals surface area contributed by atoms with Crippen molar-refractivity contribution in [2.24, 2.45) is 10.7 Å². The molecule has 142 valence electrons. The van der Waals surface area contributed by atoms with E-state index in [9.17, 15) is 0 Å². The van der Waals surface area contributed by atoms with E-state index in [0.29, 0.717) is 5.96 Å². The van der Waals surface area contributed by atoms with Crippen molar-refractivity contribution in [1.29, 1.82) is 0 Å². The fourth-order valence-corrected chi connectivity index (χ4v) is 3.74. The van der Waals surface area contributed by atoms with Gasteiger partial charge in [0.2, 0.25) is 5.95 Å². The summed E-state index contributed by atoms with van der Waals surface area (Å²) in [5.41, 5.74) is 9.16. The molecule has 2 aliphatic heterocycles. The molecule has 1 fully saturated rings. The summed E-state index contributed by atoms with van der Waals surface area (Å²) in [5.74, 6) is 1.44. The summed E-state index contributed by atoms with van der Waals surface area (Å²) in [7, 11) is 0. The van der Waals surface area contributed by atoms with Crippen LogP contribution in [0.4, 0.5) is 5.95 Å². The molecule has 0 unspecified atom stereocenters. The zero-order chi connectivity index (χ0) is 18.5. The van der Waals surface area contributed by atoms with Crippen LogP contribution in [0.1, 0.15) is 11.1 Å². The molecule has 27 heavy (non-hydrogen) atoms. The third-order valence-electron chi connectivity index (χ3n) is 5.34. The Bertz CT molecular complexity index is 769. The number of aliphatic imine (C=N–C) groups is 1. The number of guanidine groups is 1. The van der Waals surface area contributed by atoms with E-state index in [1.807, 2.05) is 6.07 Å². The van der Waals surface area contributed by atoms with E-state index in [4.69, 9.17) is 5.73 Å². The van der Waals surface area contributed by atoms with E-state index in [0.717, 1.165) is 64.7 Å². The normalized spacial score (nSPS) is 18.4. The van der Waals surface area contributed by atoms with E-state index in [1.54, 1.807) is 12.4 Å². The summed E-state index contributed by atoms with van der Waals surface area (Å²) in [6, 6.07) is 10.6. The van der Waals surface area contributed by atoms with Crippen LogP contribution < -0.4 is 10.6 Å². The number of fused-ring (bicyclic) bond motifs is 1. The molecule has 0 atom stereocenters. The molecule has 0 aliphatic carbocycles. The first-order chi connectivity index (χ1) is 13.3. The van der Waals surface area contributed by atoms with Crippen molar-refractivity contribution < 1.29 is 0 Å². The Morgan fingerprint density at radius 1 is 0.963 bits per heavy atom. The molecule has 0 bridgehead atoms. The molecule has 7 nitrogen and oxygen atoms in total. The fourth-order valence-electron chi connectivity index (χ4n) is 3.74. The first-order valence-electron chi connectivity index (χ1n) is 9.65. The second kappa shape index (κ2) is 8.35. The maximum Gasteiger partial charge on any atom is 0.225 e. The topological polar surface area (TPSA) is 73.9 Å². The second-order valence-electron chi connectivity index (χ2n) is 7.06. The fraction of sp³-hybridized carbons (Fsp3) is 0.450. The van der Waals surface area contributed by atoms with Gasteiger partial charge in [-0.3, -0.25) is 9.89 Å². The molecule has 7 heteroatoms. The van der Waals surface area contributed by atoms with Gasteiger partial charge in [0.1, 0.15) is 0 Å². The Morgan fingerprint density at radius 2 is 1.70 bits per heavy atom. The van der Waals surface area contributed by atoms with Crippen LogP contribution in [0.25, 0.3) is 0 Å². The number of anilines is 1. The zero-order valence-corrected chi connectivity index (χ0v) is 15.7. The van der Waals surface area contributed by atoms with Gasteiger partial charge in [-0.15, -0.1) is 0 Å². The first kappa shape index (κ1) is 17.7. The van der Waals surface area contributed by atoms with Crippen molar-refractivity contribution in [2.45, 2.75) is 13.0 Å². The molecule has 1 saturated heterocycles. The molecule has 2 aromatic rings. The third kappa shape index (κ3) is 4.36. The van der Waals surface area contributed by atoms with Gasteiger partial charge in [-0.05, 0) is 23.6 Å². The summed E-state index contributed by atoms with van der Waals surface area (Å²) in [5, 5.41) is 0. The number of hydrogen-bond donors (Lipinski definition) is 1. The molecule has 0 amide bonds. The molecule has 2 aliphatic rings. The predicted octanol–water partition coefficient (Wildman–Crippen LogP) is 0.972. The molecular formula is C20H27N7. The summed E-state index contributed by atoms with van der Waals surface area (Å²) in [6.07, 6.45) is 4.69. The van der Waals surface area contributed by atoms with E-state index in [1.165, 1.54) is 11.1 Å². The van der Waals surface area contributed by atoms with Gasteiger partial charge >= 0.3 is 0 Å². The van der Waals surface area contributed by atoms with E-state index in [-0.39, 0.29) is 0 Å². The van der Waals surface area contributed by atoms with Crippen LogP contribution in [0.2, 0.25) is 0 Å². The smallest absolute Gasteiger partial charge is 0.225 e. The highest BCUT2D eigenvalue weighted by atomic mass is 15.4. The second-order valence-corrected chi connectivity index (χ2v) is 7.06. The van der Waals surface area contributed by atoms with Crippen LogP contribution in [-0.2, 0) is 13.0 Å². The number of nitrogens with zero attached hydrogens (tertiary/aromatic N) is 6. The van der Waals surface area contributed by atoms with Gasteiger partial charge < -0.3 is 15.5 Å². The van der Waals surface area contributed by atoms with Crippen molar-refractivity contribution in [1.82, 2.24) is 19.8 Å². The summed E-state index contributed by atoms with van der Waals surface area (Å²) >= 11 is 0. The summed E-state index contributed by atoms with van der Waals surface area (Å²) in [6.45, 7) is 7.24. The van der Waals surface area contributed by atoms with Gasteiger partial charge in [0.05, 0.1) is 6.54 Å². The van der Waals surface area contributed by atoms with Crippen LogP contribution >= 0.6 is 0 Å². The lowest BCUT2D eigenvalue weighted by atomic mass is 10.0. The van der Waals surface area contributed by atoms with Crippen LogP contribution in [0, 0.1) is 0 Å². The predicted molar refractivity (Wildman–Crippen MR) is 108 cm³/mol. The highest BCUT2D eigenvalue weighted by Crippen LogP contribution is 2.18. The van der Waals surface area contributed by atoms with Crippen LogP contribution in [-0.4, -0.2) is 71.5 Å². The quantitative estimate of drug-likeness (QED) is 0.643. The van der Waals surface area contributed by atoms with Gasteiger partial charge in [0.15, 0.2) is 5.96 Å². The van der Waals surface area contributed by atoms with E-state index in [2.05, 4.69) is 53.9 Å². The average molecular weight is 365 g/mol. The summed E-state index contributed by atoms with van der Waals surface area (Å²) < 4.78 is 0. The molecule has 0 spiro atoms.